The van der Waals surface area contributed by atoms with Crippen LogP contribution < -0.4 is 10.1 Å². The molecule has 0 unspecified atom stereocenters. The molecule has 0 radical (unpaired) electrons. The predicted octanol–water partition coefficient (Wildman–Crippen LogP) is 3.66. The highest BCUT2D eigenvalue weighted by Gasteiger charge is 2.18. The Morgan fingerprint density at radius 2 is 1.61 bits per heavy atom. The molecule has 1 N–H and O–H groups in total. The van der Waals surface area contributed by atoms with Crippen molar-refractivity contribution in [3.05, 3.63) is 24.3 Å². The van der Waals surface area contributed by atoms with Crippen molar-refractivity contribution in [1.82, 2.24) is 5.32 Å². The number of rotatable bonds is 8. The fourth-order valence-corrected chi connectivity index (χ4v) is 2.97. The molecule has 0 spiro atoms. The highest BCUT2D eigenvalue weighted by atomic mass is 32.2. The van der Waals surface area contributed by atoms with Gasteiger partial charge in [-0.05, 0) is 49.9 Å². The molecule has 0 saturated heterocycles. The van der Waals surface area contributed by atoms with Gasteiger partial charge in [-0.25, -0.2) is 8.42 Å². The van der Waals surface area contributed by atoms with Gasteiger partial charge in [0.1, 0.15) is 5.75 Å². The van der Waals surface area contributed by atoms with Gasteiger partial charge in [0, 0.05) is 12.1 Å². The third kappa shape index (κ3) is 7.36. The molecule has 0 fully saturated rings. The number of benzene rings is 1. The lowest BCUT2D eigenvalue weighted by Crippen LogP contribution is -2.41. The van der Waals surface area contributed by atoms with Gasteiger partial charge in [-0.15, -0.1) is 0 Å². The quantitative estimate of drug-likeness (QED) is 0.784. The molecule has 0 saturated carbocycles. The summed E-state index contributed by atoms with van der Waals surface area (Å²) in [5.74, 6) is 0.794. The Kier molecular flexibility index (Phi) is 6.66. The molecule has 5 heteroatoms. The van der Waals surface area contributed by atoms with Gasteiger partial charge in [-0.1, -0.05) is 27.7 Å². The van der Waals surface area contributed by atoms with Crippen LogP contribution in [0.15, 0.2) is 29.2 Å². The first-order valence-corrected chi connectivity index (χ1v) is 9.81. The maximum atomic E-state index is 12.4. The van der Waals surface area contributed by atoms with Crippen LogP contribution in [0, 0.1) is 5.41 Å². The van der Waals surface area contributed by atoms with E-state index in [1.165, 1.54) is 0 Å². The first kappa shape index (κ1) is 20.0. The third-order valence-electron chi connectivity index (χ3n) is 3.71. The average molecular weight is 342 g/mol. The van der Waals surface area contributed by atoms with Crippen molar-refractivity contribution < 1.29 is 13.2 Å². The van der Waals surface area contributed by atoms with E-state index in [1.807, 2.05) is 0 Å². The van der Waals surface area contributed by atoms with Crippen LogP contribution in [0.1, 0.15) is 48.0 Å². The van der Waals surface area contributed by atoms with Crippen LogP contribution in [0.5, 0.6) is 5.75 Å². The van der Waals surface area contributed by atoms with Gasteiger partial charge in [-0.3, -0.25) is 0 Å². The number of hydrogen-bond acceptors (Lipinski definition) is 4. The van der Waals surface area contributed by atoms with Crippen LogP contribution in [0.3, 0.4) is 0 Å². The molecular formula is C18H31NO3S. The molecule has 1 rings (SSSR count). The minimum absolute atomic E-state index is 0.0415. The van der Waals surface area contributed by atoms with Crippen molar-refractivity contribution in [1.29, 1.82) is 0 Å². The largest absolute Gasteiger partial charge is 0.493 e. The monoisotopic (exact) mass is 341 g/mol. The van der Waals surface area contributed by atoms with Gasteiger partial charge < -0.3 is 10.1 Å². The van der Waals surface area contributed by atoms with Crippen molar-refractivity contribution in [3.8, 4) is 5.75 Å². The summed E-state index contributed by atoms with van der Waals surface area (Å²) in [6, 6.07) is 6.70. The molecule has 1 aromatic rings. The maximum absolute atomic E-state index is 12.4. The molecule has 0 aliphatic carbocycles. The van der Waals surface area contributed by atoms with Gasteiger partial charge in [-0.2, -0.15) is 0 Å². The van der Waals surface area contributed by atoms with E-state index in [0.29, 0.717) is 23.8 Å². The number of sulfone groups is 1. The number of ether oxygens (including phenoxy) is 1. The van der Waals surface area contributed by atoms with E-state index in [-0.39, 0.29) is 16.7 Å². The Balaban J connectivity index is 2.63. The third-order valence-corrected chi connectivity index (χ3v) is 5.44. The van der Waals surface area contributed by atoms with Crippen LogP contribution >= 0.6 is 0 Å². The highest BCUT2D eigenvalue weighted by Crippen LogP contribution is 2.20. The fraction of sp³-hybridized carbons (Fsp3) is 0.667. The van der Waals surface area contributed by atoms with E-state index in [2.05, 4.69) is 46.9 Å². The van der Waals surface area contributed by atoms with Gasteiger partial charge in [0.15, 0.2) is 9.84 Å². The van der Waals surface area contributed by atoms with Crippen molar-refractivity contribution in [2.75, 3.05) is 18.9 Å². The molecule has 0 aliphatic rings. The lowest BCUT2D eigenvalue weighted by atomic mass is 9.99. The van der Waals surface area contributed by atoms with Gasteiger partial charge in [0.25, 0.3) is 0 Å². The van der Waals surface area contributed by atoms with E-state index in [1.54, 1.807) is 24.3 Å². The first-order valence-electron chi connectivity index (χ1n) is 8.16. The molecule has 0 heterocycles. The van der Waals surface area contributed by atoms with Gasteiger partial charge in [0.05, 0.1) is 17.3 Å². The SMILES string of the molecule is CCC(C)(C)NCCS(=O)(=O)c1ccc(OCC(C)(C)C)cc1. The molecule has 0 aromatic heterocycles. The number of hydrogen-bond donors (Lipinski definition) is 1. The summed E-state index contributed by atoms with van der Waals surface area (Å²) >= 11 is 0. The van der Waals surface area contributed by atoms with E-state index < -0.39 is 9.84 Å². The molecule has 132 valence electrons. The Bertz CT molecular complexity index is 584. The molecule has 0 aliphatic heterocycles. The molecule has 1 aromatic carbocycles. The van der Waals surface area contributed by atoms with E-state index >= 15 is 0 Å². The summed E-state index contributed by atoms with van der Waals surface area (Å²) in [5, 5.41) is 3.28. The highest BCUT2D eigenvalue weighted by molar-refractivity contribution is 7.91. The van der Waals surface area contributed by atoms with Crippen LogP contribution in [0.2, 0.25) is 0 Å². The second kappa shape index (κ2) is 7.67. The lowest BCUT2D eigenvalue weighted by molar-refractivity contribution is 0.198. The summed E-state index contributed by atoms with van der Waals surface area (Å²) < 4.78 is 30.4. The summed E-state index contributed by atoms with van der Waals surface area (Å²) in [6.07, 6.45) is 0.951. The first-order chi connectivity index (χ1) is 10.5. The topological polar surface area (TPSA) is 55.4 Å². The number of nitrogens with one attached hydrogen (secondary N) is 1. The van der Waals surface area contributed by atoms with Crippen molar-refractivity contribution in [3.63, 3.8) is 0 Å². The molecule has 4 nitrogen and oxygen atoms in total. The summed E-state index contributed by atoms with van der Waals surface area (Å²) in [4.78, 5) is 0.344. The Hall–Kier alpha value is -1.07. The Morgan fingerprint density at radius 1 is 1.04 bits per heavy atom. The molecule has 0 amide bonds. The zero-order valence-electron chi connectivity index (χ0n) is 15.3. The van der Waals surface area contributed by atoms with E-state index in [4.69, 9.17) is 4.74 Å². The van der Waals surface area contributed by atoms with Crippen molar-refractivity contribution in [2.45, 2.75) is 58.4 Å². The normalized spacial score (nSPS) is 13.1. The van der Waals surface area contributed by atoms with Crippen LogP contribution in [0.4, 0.5) is 0 Å². The lowest BCUT2D eigenvalue weighted by Gasteiger charge is -2.24. The smallest absolute Gasteiger partial charge is 0.179 e. The molecule has 23 heavy (non-hydrogen) atoms. The minimum Gasteiger partial charge on any atom is -0.493 e. The van der Waals surface area contributed by atoms with Crippen LogP contribution in [-0.4, -0.2) is 32.9 Å². The minimum atomic E-state index is -3.27. The Labute approximate surface area is 141 Å². The van der Waals surface area contributed by atoms with Gasteiger partial charge in [0.2, 0.25) is 0 Å². The molecule has 0 atom stereocenters. The zero-order valence-corrected chi connectivity index (χ0v) is 16.1. The zero-order chi connectivity index (χ0) is 17.7. The summed E-state index contributed by atoms with van der Waals surface area (Å²) in [6.45, 7) is 13.5. The fourth-order valence-electron chi connectivity index (χ4n) is 1.81. The predicted molar refractivity (Wildman–Crippen MR) is 95.8 cm³/mol. The Morgan fingerprint density at radius 3 is 2.09 bits per heavy atom. The van der Waals surface area contributed by atoms with E-state index in [0.717, 1.165) is 6.42 Å². The second-order valence-corrected chi connectivity index (χ2v) is 9.91. The van der Waals surface area contributed by atoms with Crippen LogP contribution in [0.25, 0.3) is 0 Å². The van der Waals surface area contributed by atoms with E-state index in [9.17, 15) is 8.42 Å². The second-order valence-electron chi connectivity index (χ2n) is 7.80. The molecule has 0 bridgehead atoms. The van der Waals surface area contributed by atoms with Gasteiger partial charge >= 0.3 is 0 Å². The summed E-state index contributed by atoms with van der Waals surface area (Å²) in [5.41, 5.74) is 0.0304. The average Bonchev–Trinajstić information content (AvgIpc) is 2.44. The van der Waals surface area contributed by atoms with Crippen molar-refractivity contribution in [2.24, 2.45) is 5.41 Å². The molecular weight excluding hydrogens is 310 g/mol. The van der Waals surface area contributed by atoms with Crippen molar-refractivity contribution >= 4 is 9.84 Å². The standard InChI is InChI=1S/C18H31NO3S/c1-7-18(5,6)19-12-13-23(20,21)16-10-8-15(9-11-16)22-14-17(2,3)4/h8-11,19H,7,12-14H2,1-6H3. The van der Waals surface area contributed by atoms with Crippen LogP contribution in [-0.2, 0) is 9.84 Å². The maximum Gasteiger partial charge on any atom is 0.179 e. The summed E-state index contributed by atoms with van der Waals surface area (Å²) in [7, 11) is -3.27.